The summed E-state index contributed by atoms with van der Waals surface area (Å²) in [6.07, 6.45) is 0.281. The number of hydrogen-bond acceptors (Lipinski definition) is 3. The minimum absolute atomic E-state index is 0.0152. The number of aliphatic hydroxyl groups is 1. The van der Waals surface area contributed by atoms with Gasteiger partial charge in [0.05, 0.1) is 0 Å². The molecule has 0 aliphatic heterocycles. The summed E-state index contributed by atoms with van der Waals surface area (Å²) in [4.78, 5) is 3.75. The number of hydrogen-bond donors (Lipinski definition) is 2. The molecular weight excluding hydrogens is 216 g/mol. The zero-order chi connectivity index (χ0) is 11.5. The van der Waals surface area contributed by atoms with Gasteiger partial charge in [0, 0.05) is 12.5 Å². The molecule has 1 aromatic heterocycles. The van der Waals surface area contributed by atoms with Crippen LogP contribution in [0.3, 0.4) is 0 Å². The van der Waals surface area contributed by atoms with Gasteiger partial charge in [-0.15, -0.1) is 0 Å². The van der Waals surface area contributed by atoms with Crippen molar-refractivity contribution in [2.75, 3.05) is 0 Å². The first-order valence-electron chi connectivity index (χ1n) is 4.64. The minimum Gasteiger partial charge on any atom is -0.385 e. The van der Waals surface area contributed by atoms with Crippen LogP contribution in [0.1, 0.15) is 17.5 Å². The molecule has 0 bridgehead atoms. The lowest BCUT2D eigenvalue weighted by Crippen LogP contribution is -2.05. The van der Waals surface area contributed by atoms with Crippen molar-refractivity contribution < 1.29 is 13.9 Å². The molecule has 0 spiro atoms. The Balaban J connectivity index is 2.15. The molecule has 0 fully saturated rings. The van der Waals surface area contributed by atoms with Crippen molar-refractivity contribution in [3.05, 3.63) is 47.5 Å². The summed E-state index contributed by atoms with van der Waals surface area (Å²) in [5, 5.41) is 15.7. The van der Waals surface area contributed by atoms with Crippen LogP contribution in [0.5, 0.6) is 0 Å². The Morgan fingerprint density at radius 3 is 2.81 bits per heavy atom. The van der Waals surface area contributed by atoms with E-state index < -0.39 is 17.7 Å². The van der Waals surface area contributed by atoms with Gasteiger partial charge < -0.3 is 5.11 Å². The fraction of sp³-hybridized carbons (Fsp3) is 0.200. The molecule has 0 radical (unpaired) electrons. The molecular formula is C10H9F2N3O. The molecule has 0 saturated heterocycles. The van der Waals surface area contributed by atoms with Crippen molar-refractivity contribution in [3.8, 4) is 0 Å². The highest BCUT2D eigenvalue weighted by Gasteiger charge is 2.14. The van der Waals surface area contributed by atoms with E-state index in [1.807, 2.05) is 0 Å². The maximum absolute atomic E-state index is 13.3. The Morgan fingerprint density at radius 2 is 2.19 bits per heavy atom. The first-order valence-corrected chi connectivity index (χ1v) is 4.64. The van der Waals surface area contributed by atoms with Gasteiger partial charge in [-0.1, -0.05) is 6.07 Å². The largest absolute Gasteiger partial charge is 0.385 e. The van der Waals surface area contributed by atoms with Crippen LogP contribution in [0, 0.1) is 11.6 Å². The van der Waals surface area contributed by atoms with Crippen LogP contribution in [0.15, 0.2) is 24.5 Å². The Kier molecular flexibility index (Phi) is 2.91. The first kappa shape index (κ1) is 10.7. The minimum atomic E-state index is -0.984. The number of aromatic nitrogens is 3. The van der Waals surface area contributed by atoms with Gasteiger partial charge in [0.15, 0.2) is 5.82 Å². The summed E-state index contributed by atoms with van der Waals surface area (Å²) >= 11 is 0. The van der Waals surface area contributed by atoms with Gasteiger partial charge in [-0.2, -0.15) is 5.10 Å². The van der Waals surface area contributed by atoms with Crippen molar-refractivity contribution in [2.45, 2.75) is 12.5 Å². The molecule has 0 saturated carbocycles. The topological polar surface area (TPSA) is 61.8 Å². The van der Waals surface area contributed by atoms with Gasteiger partial charge in [-0.25, -0.2) is 13.8 Å². The standard InChI is InChI=1S/C10H9F2N3O/c11-7-2-1-6(8(12)4-7)3-9(16)10-13-5-14-15-10/h1-2,4-5,9,16H,3H2,(H,13,14,15). The Hall–Kier alpha value is -1.82. The van der Waals surface area contributed by atoms with Gasteiger partial charge >= 0.3 is 0 Å². The van der Waals surface area contributed by atoms with E-state index in [4.69, 9.17) is 0 Å². The maximum Gasteiger partial charge on any atom is 0.153 e. The fourth-order valence-electron chi connectivity index (χ4n) is 1.37. The molecule has 0 aliphatic rings. The summed E-state index contributed by atoms with van der Waals surface area (Å²) in [6, 6.07) is 3.22. The second-order valence-electron chi connectivity index (χ2n) is 3.33. The number of nitrogens with zero attached hydrogens (tertiary/aromatic N) is 2. The smallest absolute Gasteiger partial charge is 0.153 e. The van der Waals surface area contributed by atoms with Crippen molar-refractivity contribution in [3.63, 3.8) is 0 Å². The third-order valence-corrected chi connectivity index (χ3v) is 2.18. The predicted molar refractivity (Wildman–Crippen MR) is 51.4 cm³/mol. The van der Waals surface area contributed by atoms with Crippen LogP contribution in [0.2, 0.25) is 0 Å². The van der Waals surface area contributed by atoms with E-state index in [1.165, 1.54) is 12.4 Å². The number of rotatable bonds is 3. The maximum atomic E-state index is 13.3. The Labute approximate surface area is 90.0 Å². The predicted octanol–water partition coefficient (Wildman–Crippen LogP) is 1.36. The molecule has 0 amide bonds. The summed E-state index contributed by atoms with van der Waals surface area (Å²) in [7, 11) is 0. The van der Waals surface area contributed by atoms with Crippen LogP contribution in [0.25, 0.3) is 0 Å². The lowest BCUT2D eigenvalue weighted by molar-refractivity contribution is 0.167. The fourth-order valence-corrected chi connectivity index (χ4v) is 1.37. The van der Waals surface area contributed by atoms with E-state index in [0.717, 1.165) is 12.1 Å². The van der Waals surface area contributed by atoms with E-state index >= 15 is 0 Å². The van der Waals surface area contributed by atoms with Gasteiger partial charge in [0.1, 0.15) is 24.1 Å². The molecule has 2 N–H and O–H groups in total. The van der Waals surface area contributed by atoms with Crippen molar-refractivity contribution in [1.29, 1.82) is 0 Å². The molecule has 1 aromatic carbocycles. The first-order chi connectivity index (χ1) is 7.66. The molecule has 2 aromatic rings. The molecule has 16 heavy (non-hydrogen) atoms. The number of halogens is 2. The zero-order valence-corrected chi connectivity index (χ0v) is 8.19. The van der Waals surface area contributed by atoms with E-state index in [9.17, 15) is 13.9 Å². The normalized spacial score (nSPS) is 12.7. The monoisotopic (exact) mass is 225 g/mol. The lowest BCUT2D eigenvalue weighted by atomic mass is 10.1. The van der Waals surface area contributed by atoms with E-state index in [2.05, 4.69) is 15.2 Å². The van der Waals surface area contributed by atoms with Crippen LogP contribution in [-0.4, -0.2) is 20.3 Å². The van der Waals surface area contributed by atoms with Crippen molar-refractivity contribution in [2.24, 2.45) is 0 Å². The number of aromatic amines is 1. The Morgan fingerprint density at radius 1 is 1.38 bits per heavy atom. The molecule has 2 rings (SSSR count). The summed E-state index contributed by atoms with van der Waals surface area (Å²) in [6.45, 7) is 0. The van der Waals surface area contributed by atoms with E-state index in [1.54, 1.807) is 0 Å². The third-order valence-electron chi connectivity index (χ3n) is 2.18. The second kappa shape index (κ2) is 4.36. The highest BCUT2D eigenvalue weighted by molar-refractivity contribution is 5.20. The third kappa shape index (κ3) is 2.22. The van der Waals surface area contributed by atoms with Gasteiger partial charge in [0.2, 0.25) is 0 Å². The Bertz CT molecular complexity index is 473. The second-order valence-corrected chi connectivity index (χ2v) is 3.33. The molecule has 1 unspecified atom stereocenters. The summed E-state index contributed by atoms with van der Waals surface area (Å²) in [5.41, 5.74) is 0.227. The molecule has 4 nitrogen and oxygen atoms in total. The van der Waals surface area contributed by atoms with Gasteiger partial charge in [-0.3, -0.25) is 5.10 Å². The molecule has 1 heterocycles. The highest BCUT2D eigenvalue weighted by Crippen LogP contribution is 2.17. The van der Waals surface area contributed by atoms with Crippen molar-refractivity contribution in [1.82, 2.24) is 15.2 Å². The molecule has 84 valence electrons. The van der Waals surface area contributed by atoms with Crippen LogP contribution >= 0.6 is 0 Å². The van der Waals surface area contributed by atoms with Crippen LogP contribution in [0.4, 0.5) is 8.78 Å². The van der Waals surface area contributed by atoms with Gasteiger partial charge in [0.25, 0.3) is 0 Å². The summed E-state index contributed by atoms with van der Waals surface area (Å²) in [5.74, 6) is -1.07. The number of benzene rings is 1. The lowest BCUT2D eigenvalue weighted by Gasteiger charge is -2.08. The zero-order valence-electron chi connectivity index (χ0n) is 8.19. The van der Waals surface area contributed by atoms with Crippen molar-refractivity contribution >= 4 is 0 Å². The number of nitrogens with one attached hydrogen (secondary N) is 1. The average Bonchev–Trinajstić information content (AvgIpc) is 2.75. The highest BCUT2D eigenvalue weighted by atomic mass is 19.1. The van der Waals surface area contributed by atoms with Gasteiger partial charge in [-0.05, 0) is 11.6 Å². The average molecular weight is 225 g/mol. The molecule has 0 aliphatic carbocycles. The molecule has 6 heteroatoms. The number of aliphatic hydroxyl groups excluding tert-OH is 1. The van der Waals surface area contributed by atoms with Crippen LogP contribution in [-0.2, 0) is 6.42 Å². The summed E-state index contributed by atoms with van der Waals surface area (Å²) < 4.78 is 25.9. The SMILES string of the molecule is OC(Cc1ccc(F)cc1F)c1ncn[nH]1. The number of H-pyrrole nitrogens is 1. The molecule has 1 atom stereocenters. The quantitative estimate of drug-likeness (QED) is 0.829. The van der Waals surface area contributed by atoms with Crippen LogP contribution < -0.4 is 0 Å². The van der Waals surface area contributed by atoms with E-state index in [-0.39, 0.29) is 17.8 Å². The van der Waals surface area contributed by atoms with E-state index in [0.29, 0.717) is 0 Å².